The van der Waals surface area contributed by atoms with Gasteiger partial charge in [0.25, 0.3) is 5.91 Å². The average Bonchev–Trinajstić information content (AvgIpc) is 2.81. The van der Waals surface area contributed by atoms with E-state index in [2.05, 4.69) is 16.6 Å². The lowest BCUT2D eigenvalue weighted by atomic mass is 10.0. The molecule has 192 valence electrons. The predicted octanol–water partition coefficient (Wildman–Crippen LogP) is 5.12. The summed E-state index contributed by atoms with van der Waals surface area (Å²) in [7, 11) is 0. The molecule has 0 heterocycles. The standard InChI is InChI=1S/C29H37N3O4/c1-8-10-18-32(24(33)19-30-28(35)36-29(5,6)7)26(23-16-14-22(9-2)15-17-23)27(34)31-25-20(3)12-11-13-21(25)4/h2,11-17,26H,8,10,18-19H2,1,3-7H3,(H,30,35)(H,31,34). The van der Waals surface area contributed by atoms with Crippen molar-refractivity contribution in [1.82, 2.24) is 10.2 Å². The van der Waals surface area contributed by atoms with Gasteiger partial charge in [-0.05, 0) is 69.9 Å². The van der Waals surface area contributed by atoms with Crippen molar-refractivity contribution in [1.29, 1.82) is 0 Å². The lowest BCUT2D eigenvalue weighted by Gasteiger charge is -2.32. The minimum absolute atomic E-state index is 0.297. The second-order valence-corrected chi connectivity index (χ2v) is 9.72. The first-order chi connectivity index (χ1) is 17.0. The number of unbranched alkanes of at least 4 members (excludes halogenated alkanes) is 1. The van der Waals surface area contributed by atoms with Gasteiger partial charge in [0, 0.05) is 17.8 Å². The van der Waals surface area contributed by atoms with Crippen LogP contribution in [0.3, 0.4) is 0 Å². The molecule has 0 saturated heterocycles. The number of nitrogens with zero attached hydrogens (tertiary/aromatic N) is 1. The van der Waals surface area contributed by atoms with Gasteiger partial charge in [0.1, 0.15) is 18.2 Å². The molecule has 0 fully saturated rings. The highest BCUT2D eigenvalue weighted by Gasteiger charge is 2.32. The number of alkyl carbamates (subject to hydrolysis) is 1. The highest BCUT2D eigenvalue weighted by Crippen LogP contribution is 2.27. The van der Waals surface area contributed by atoms with Gasteiger partial charge in [-0.2, -0.15) is 0 Å². The summed E-state index contributed by atoms with van der Waals surface area (Å²) in [5.74, 6) is 1.84. The summed E-state index contributed by atoms with van der Waals surface area (Å²) in [5, 5.41) is 5.54. The molecular formula is C29H37N3O4. The Morgan fingerprint density at radius 1 is 1.06 bits per heavy atom. The van der Waals surface area contributed by atoms with Crippen LogP contribution in [0.2, 0.25) is 0 Å². The number of aryl methyl sites for hydroxylation is 2. The van der Waals surface area contributed by atoms with Crippen LogP contribution in [0.5, 0.6) is 0 Å². The molecule has 7 nitrogen and oxygen atoms in total. The number of terminal acetylenes is 1. The summed E-state index contributed by atoms with van der Waals surface area (Å²) < 4.78 is 5.25. The van der Waals surface area contributed by atoms with Crippen LogP contribution in [0.25, 0.3) is 0 Å². The smallest absolute Gasteiger partial charge is 0.408 e. The van der Waals surface area contributed by atoms with Crippen molar-refractivity contribution in [3.63, 3.8) is 0 Å². The first-order valence-corrected chi connectivity index (χ1v) is 12.2. The van der Waals surface area contributed by atoms with Gasteiger partial charge in [0.15, 0.2) is 0 Å². The number of carbonyl (C=O) groups excluding carboxylic acids is 3. The van der Waals surface area contributed by atoms with Crippen LogP contribution in [-0.2, 0) is 14.3 Å². The zero-order valence-electron chi connectivity index (χ0n) is 22.1. The van der Waals surface area contributed by atoms with Crippen molar-refractivity contribution in [2.75, 3.05) is 18.4 Å². The summed E-state index contributed by atoms with van der Waals surface area (Å²) in [6, 6.07) is 11.9. The van der Waals surface area contributed by atoms with Crippen molar-refractivity contribution < 1.29 is 19.1 Å². The number of amides is 3. The van der Waals surface area contributed by atoms with Gasteiger partial charge in [0.05, 0.1) is 0 Å². The monoisotopic (exact) mass is 491 g/mol. The fourth-order valence-corrected chi connectivity index (χ4v) is 3.73. The molecule has 0 aromatic heterocycles. The van der Waals surface area contributed by atoms with E-state index >= 15 is 0 Å². The third kappa shape index (κ3) is 8.16. The molecule has 2 N–H and O–H groups in total. The first kappa shape index (κ1) is 28.4. The van der Waals surface area contributed by atoms with Crippen LogP contribution in [0, 0.1) is 26.2 Å². The Morgan fingerprint density at radius 3 is 2.19 bits per heavy atom. The van der Waals surface area contributed by atoms with Crippen LogP contribution >= 0.6 is 0 Å². The van der Waals surface area contributed by atoms with E-state index in [0.29, 0.717) is 29.8 Å². The summed E-state index contributed by atoms with van der Waals surface area (Å²) in [6.07, 6.45) is 6.33. The molecule has 36 heavy (non-hydrogen) atoms. The van der Waals surface area contributed by atoms with Crippen LogP contribution in [0.15, 0.2) is 42.5 Å². The highest BCUT2D eigenvalue weighted by molar-refractivity contribution is 5.99. The van der Waals surface area contributed by atoms with Gasteiger partial charge in [0.2, 0.25) is 5.91 Å². The Balaban J connectivity index is 2.41. The third-order valence-electron chi connectivity index (χ3n) is 5.54. The van der Waals surface area contributed by atoms with Crippen molar-refractivity contribution in [3.05, 3.63) is 64.7 Å². The summed E-state index contributed by atoms with van der Waals surface area (Å²) in [6.45, 7) is 11.1. The third-order valence-corrected chi connectivity index (χ3v) is 5.54. The van der Waals surface area contributed by atoms with Crippen LogP contribution in [0.1, 0.15) is 68.8 Å². The van der Waals surface area contributed by atoms with E-state index in [1.54, 1.807) is 45.0 Å². The molecule has 1 atom stereocenters. The average molecular weight is 492 g/mol. The number of hydrogen-bond acceptors (Lipinski definition) is 4. The SMILES string of the molecule is C#Cc1ccc(C(C(=O)Nc2c(C)cccc2C)N(CCCC)C(=O)CNC(=O)OC(C)(C)C)cc1. The van der Waals surface area contributed by atoms with Gasteiger partial charge in [-0.25, -0.2) is 4.79 Å². The quantitative estimate of drug-likeness (QED) is 0.477. The topological polar surface area (TPSA) is 87.7 Å². The van der Waals surface area contributed by atoms with Gasteiger partial charge < -0.3 is 20.3 Å². The van der Waals surface area contributed by atoms with E-state index < -0.39 is 23.6 Å². The van der Waals surface area contributed by atoms with E-state index in [1.165, 1.54) is 4.90 Å². The largest absolute Gasteiger partial charge is 0.444 e. The maximum Gasteiger partial charge on any atom is 0.408 e. The van der Waals surface area contributed by atoms with Crippen molar-refractivity contribution >= 4 is 23.6 Å². The molecule has 3 amide bonds. The molecule has 0 saturated carbocycles. The van der Waals surface area contributed by atoms with E-state index in [1.807, 2.05) is 39.0 Å². The Hall–Kier alpha value is -3.79. The summed E-state index contributed by atoms with van der Waals surface area (Å²) in [4.78, 5) is 40.8. The molecule has 0 radical (unpaired) electrons. The maximum absolute atomic E-state index is 13.7. The molecule has 0 aliphatic rings. The summed E-state index contributed by atoms with van der Waals surface area (Å²) >= 11 is 0. The number of ether oxygens (including phenoxy) is 1. The molecule has 2 aromatic rings. The zero-order chi connectivity index (χ0) is 26.9. The number of carbonyl (C=O) groups is 3. The molecule has 2 aromatic carbocycles. The van der Waals surface area contributed by atoms with Gasteiger partial charge in [-0.15, -0.1) is 6.42 Å². The van der Waals surface area contributed by atoms with E-state index in [4.69, 9.17) is 11.2 Å². The van der Waals surface area contributed by atoms with Crippen molar-refractivity contribution in [2.45, 2.75) is 66.0 Å². The number of rotatable bonds is 9. The molecule has 1 unspecified atom stereocenters. The normalized spacial score (nSPS) is 11.7. The Bertz CT molecular complexity index is 1090. The highest BCUT2D eigenvalue weighted by atomic mass is 16.6. The molecule has 0 aliphatic carbocycles. The molecule has 0 aliphatic heterocycles. The number of nitrogens with one attached hydrogen (secondary N) is 2. The minimum Gasteiger partial charge on any atom is -0.444 e. The number of anilines is 1. The van der Waals surface area contributed by atoms with Crippen LogP contribution < -0.4 is 10.6 Å². The molecule has 0 bridgehead atoms. The van der Waals surface area contributed by atoms with Crippen molar-refractivity contribution in [3.8, 4) is 12.3 Å². The first-order valence-electron chi connectivity index (χ1n) is 12.2. The Morgan fingerprint density at radius 2 is 1.67 bits per heavy atom. The van der Waals surface area contributed by atoms with Gasteiger partial charge in [-0.1, -0.05) is 49.6 Å². The van der Waals surface area contributed by atoms with E-state index in [-0.39, 0.29) is 12.5 Å². The van der Waals surface area contributed by atoms with Crippen molar-refractivity contribution in [2.24, 2.45) is 0 Å². The number of para-hydroxylation sites is 1. The molecule has 7 heteroatoms. The van der Waals surface area contributed by atoms with Gasteiger partial charge in [-0.3, -0.25) is 9.59 Å². The number of hydrogen-bond donors (Lipinski definition) is 2. The fourth-order valence-electron chi connectivity index (χ4n) is 3.73. The summed E-state index contributed by atoms with van der Waals surface area (Å²) in [5.41, 5.74) is 3.15. The van der Waals surface area contributed by atoms with E-state index in [9.17, 15) is 14.4 Å². The maximum atomic E-state index is 13.7. The molecule has 0 spiro atoms. The lowest BCUT2D eigenvalue weighted by molar-refractivity contribution is -0.138. The fraction of sp³-hybridized carbons (Fsp3) is 0.414. The second kappa shape index (κ2) is 12.8. The molecular weight excluding hydrogens is 454 g/mol. The Kier molecular flexibility index (Phi) is 10.1. The predicted molar refractivity (Wildman–Crippen MR) is 143 cm³/mol. The number of benzene rings is 2. The zero-order valence-corrected chi connectivity index (χ0v) is 22.1. The van der Waals surface area contributed by atoms with E-state index in [0.717, 1.165) is 17.5 Å². The van der Waals surface area contributed by atoms with Gasteiger partial charge >= 0.3 is 6.09 Å². The lowest BCUT2D eigenvalue weighted by Crippen LogP contribution is -2.47. The minimum atomic E-state index is -0.921. The van der Waals surface area contributed by atoms with Crippen LogP contribution in [0.4, 0.5) is 10.5 Å². The molecule has 2 rings (SSSR count). The van der Waals surface area contributed by atoms with Crippen LogP contribution in [-0.4, -0.2) is 41.5 Å². The second-order valence-electron chi connectivity index (χ2n) is 9.72. The Labute approximate surface area is 214 Å².